The summed E-state index contributed by atoms with van der Waals surface area (Å²) < 4.78 is 0. The summed E-state index contributed by atoms with van der Waals surface area (Å²) in [5, 5.41) is 13.4. The van der Waals surface area contributed by atoms with Crippen molar-refractivity contribution in [1.82, 2.24) is 20.8 Å². The fourth-order valence-corrected chi connectivity index (χ4v) is 1.13. The molecule has 5 heteroatoms. The molecule has 0 aliphatic heterocycles. The van der Waals surface area contributed by atoms with Crippen molar-refractivity contribution in [3.63, 3.8) is 0 Å². The monoisotopic (exact) mass is 208 g/mol. The topological polar surface area (TPSA) is 66.9 Å². The lowest BCUT2D eigenvalue weighted by atomic mass is 10.3. The number of rotatable bonds is 6. The Morgan fingerprint density at radius 2 is 2.40 bits per heavy atom. The molecular weight excluding hydrogens is 192 g/mol. The zero-order valence-corrected chi connectivity index (χ0v) is 8.86. The van der Waals surface area contributed by atoms with Crippen LogP contribution in [0.25, 0.3) is 0 Å². The van der Waals surface area contributed by atoms with Crippen LogP contribution in [0.4, 0.5) is 0 Å². The molecule has 15 heavy (non-hydrogen) atoms. The predicted molar refractivity (Wildman–Crippen MR) is 57.0 cm³/mol. The molecule has 0 fully saturated rings. The second-order valence-electron chi connectivity index (χ2n) is 3.20. The average Bonchev–Trinajstić information content (AvgIpc) is 2.28. The van der Waals surface area contributed by atoms with Crippen molar-refractivity contribution in [3.8, 4) is 0 Å². The highest BCUT2D eigenvalue weighted by Crippen LogP contribution is 1.92. The van der Waals surface area contributed by atoms with Crippen LogP contribution >= 0.6 is 0 Å². The highest BCUT2D eigenvalue weighted by molar-refractivity contribution is 5.75. The first kappa shape index (κ1) is 11.6. The normalized spacial score (nSPS) is 9.93. The average molecular weight is 208 g/mol. The van der Waals surface area contributed by atoms with E-state index in [2.05, 4.69) is 20.8 Å². The van der Waals surface area contributed by atoms with Crippen molar-refractivity contribution in [2.75, 3.05) is 13.6 Å². The molecule has 0 saturated carbocycles. The van der Waals surface area contributed by atoms with Crippen LogP contribution in [0.15, 0.2) is 18.3 Å². The molecule has 0 aliphatic carbocycles. The minimum absolute atomic E-state index is 0.0518. The number of carbonyl (C=O) groups excluding carboxylic acids is 1. The summed E-state index contributed by atoms with van der Waals surface area (Å²) in [6, 6.07) is 3.64. The number of aromatic nitrogens is 2. The number of hydrogen-bond donors (Lipinski definition) is 2. The Hall–Kier alpha value is -1.49. The predicted octanol–water partition coefficient (Wildman–Crippen LogP) is 0.0924. The van der Waals surface area contributed by atoms with Gasteiger partial charge in [0.2, 0.25) is 5.91 Å². The van der Waals surface area contributed by atoms with E-state index in [1.54, 1.807) is 12.3 Å². The Morgan fingerprint density at radius 1 is 1.53 bits per heavy atom. The van der Waals surface area contributed by atoms with Crippen LogP contribution in [-0.4, -0.2) is 29.7 Å². The Balaban J connectivity index is 2.17. The largest absolute Gasteiger partial charge is 0.350 e. The first-order valence-electron chi connectivity index (χ1n) is 5.01. The van der Waals surface area contributed by atoms with E-state index in [9.17, 15) is 4.79 Å². The van der Waals surface area contributed by atoms with Gasteiger partial charge in [-0.15, -0.1) is 0 Å². The van der Waals surface area contributed by atoms with Crippen molar-refractivity contribution in [1.29, 1.82) is 0 Å². The highest BCUT2D eigenvalue weighted by Gasteiger charge is 2.00. The van der Waals surface area contributed by atoms with Crippen LogP contribution < -0.4 is 10.6 Å². The van der Waals surface area contributed by atoms with Gasteiger partial charge in [0.05, 0.1) is 12.2 Å². The van der Waals surface area contributed by atoms with E-state index < -0.39 is 0 Å². The van der Waals surface area contributed by atoms with Gasteiger partial charge < -0.3 is 10.6 Å². The quantitative estimate of drug-likeness (QED) is 0.650. The van der Waals surface area contributed by atoms with E-state index in [4.69, 9.17) is 0 Å². The van der Waals surface area contributed by atoms with Crippen LogP contribution in [0.5, 0.6) is 0 Å². The molecule has 2 N–H and O–H groups in total. The zero-order valence-electron chi connectivity index (χ0n) is 8.86. The molecule has 1 aromatic heterocycles. The number of nitrogens with zero attached hydrogens (tertiary/aromatic N) is 2. The Bertz CT molecular complexity index is 289. The highest BCUT2D eigenvalue weighted by atomic mass is 16.1. The number of hydrogen-bond acceptors (Lipinski definition) is 4. The molecule has 0 aromatic carbocycles. The fourth-order valence-electron chi connectivity index (χ4n) is 1.13. The second kappa shape index (κ2) is 6.89. The minimum atomic E-state index is 0.0518. The van der Waals surface area contributed by atoms with E-state index in [0.29, 0.717) is 13.0 Å². The lowest BCUT2D eigenvalue weighted by Gasteiger charge is -2.03. The molecule has 0 atom stereocenters. The van der Waals surface area contributed by atoms with Gasteiger partial charge in [-0.25, -0.2) is 0 Å². The van der Waals surface area contributed by atoms with E-state index in [0.717, 1.165) is 18.7 Å². The van der Waals surface area contributed by atoms with E-state index in [1.807, 2.05) is 13.1 Å². The van der Waals surface area contributed by atoms with E-state index >= 15 is 0 Å². The first-order valence-corrected chi connectivity index (χ1v) is 5.01. The lowest BCUT2D eigenvalue weighted by Crippen LogP contribution is -2.24. The molecular formula is C10H16N4O. The molecule has 1 amide bonds. The molecule has 82 valence electrons. The second-order valence-corrected chi connectivity index (χ2v) is 3.20. The summed E-state index contributed by atoms with van der Waals surface area (Å²) in [5.41, 5.74) is 0.777. The van der Waals surface area contributed by atoms with E-state index in [-0.39, 0.29) is 5.91 Å². The zero-order chi connectivity index (χ0) is 10.9. The standard InChI is InChI=1S/C10H16N4O/c1-11-6-3-5-10(15)12-8-9-4-2-7-13-14-9/h2,4,7,11H,3,5-6,8H2,1H3,(H,12,15). The number of carbonyl (C=O) groups is 1. The molecule has 1 aromatic rings. The smallest absolute Gasteiger partial charge is 0.220 e. The third kappa shape index (κ3) is 5.07. The Morgan fingerprint density at radius 3 is 3.07 bits per heavy atom. The van der Waals surface area contributed by atoms with Gasteiger partial charge in [0.25, 0.3) is 0 Å². The van der Waals surface area contributed by atoms with Crippen molar-refractivity contribution < 1.29 is 4.79 Å². The Labute approximate surface area is 89.3 Å². The molecule has 5 nitrogen and oxygen atoms in total. The maximum absolute atomic E-state index is 11.3. The van der Waals surface area contributed by atoms with Crippen molar-refractivity contribution in [3.05, 3.63) is 24.0 Å². The molecule has 1 heterocycles. The number of nitrogens with one attached hydrogen (secondary N) is 2. The molecule has 0 saturated heterocycles. The van der Waals surface area contributed by atoms with Crippen molar-refractivity contribution >= 4 is 5.91 Å². The molecule has 0 spiro atoms. The van der Waals surface area contributed by atoms with Gasteiger partial charge in [-0.3, -0.25) is 4.79 Å². The summed E-state index contributed by atoms with van der Waals surface area (Å²) in [7, 11) is 1.87. The Kier molecular flexibility index (Phi) is 5.32. The summed E-state index contributed by atoms with van der Waals surface area (Å²) in [6.45, 7) is 1.31. The minimum Gasteiger partial charge on any atom is -0.350 e. The van der Waals surface area contributed by atoms with Gasteiger partial charge in [-0.1, -0.05) is 0 Å². The van der Waals surface area contributed by atoms with Gasteiger partial charge in [0.15, 0.2) is 0 Å². The van der Waals surface area contributed by atoms with Gasteiger partial charge in [-0.05, 0) is 32.1 Å². The maximum Gasteiger partial charge on any atom is 0.220 e. The van der Waals surface area contributed by atoms with Crippen molar-refractivity contribution in [2.45, 2.75) is 19.4 Å². The number of amides is 1. The summed E-state index contributed by atoms with van der Waals surface area (Å²) in [4.78, 5) is 11.3. The van der Waals surface area contributed by atoms with Crippen LogP contribution in [0.1, 0.15) is 18.5 Å². The van der Waals surface area contributed by atoms with Crippen LogP contribution in [-0.2, 0) is 11.3 Å². The van der Waals surface area contributed by atoms with Gasteiger partial charge in [0, 0.05) is 12.6 Å². The van der Waals surface area contributed by atoms with E-state index in [1.165, 1.54) is 0 Å². The lowest BCUT2D eigenvalue weighted by molar-refractivity contribution is -0.121. The SMILES string of the molecule is CNCCCC(=O)NCc1cccnn1. The van der Waals surface area contributed by atoms with Gasteiger partial charge in [-0.2, -0.15) is 10.2 Å². The molecule has 0 aliphatic rings. The molecule has 1 rings (SSSR count). The van der Waals surface area contributed by atoms with Crippen molar-refractivity contribution in [2.24, 2.45) is 0 Å². The third-order valence-corrected chi connectivity index (χ3v) is 1.92. The summed E-state index contributed by atoms with van der Waals surface area (Å²) in [5.74, 6) is 0.0518. The van der Waals surface area contributed by atoms with Crippen LogP contribution in [0, 0.1) is 0 Å². The van der Waals surface area contributed by atoms with Crippen LogP contribution in [0.2, 0.25) is 0 Å². The molecule has 0 radical (unpaired) electrons. The first-order chi connectivity index (χ1) is 7.33. The van der Waals surface area contributed by atoms with Gasteiger partial charge >= 0.3 is 0 Å². The maximum atomic E-state index is 11.3. The molecule has 0 bridgehead atoms. The fraction of sp³-hybridized carbons (Fsp3) is 0.500. The van der Waals surface area contributed by atoms with Crippen LogP contribution in [0.3, 0.4) is 0 Å². The van der Waals surface area contributed by atoms with Gasteiger partial charge in [0.1, 0.15) is 0 Å². The summed E-state index contributed by atoms with van der Waals surface area (Å²) in [6.07, 6.45) is 3.00. The molecule has 0 unspecified atom stereocenters. The third-order valence-electron chi connectivity index (χ3n) is 1.92. The summed E-state index contributed by atoms with van der Waals surface area (Å²) >= 11 is 0.